The average molecular weight is 299 g/mol. The summed E-state index contributed by atoms with van der Waals surface area (Å²) in [6.45, 7) is 1.50. The molecule has 0 bridgehead atoms. The van der Waals surface area contributed by atoms with Crippen LogP contribution in [-0.4, -0.2) is 47.7 Å². The van der Waals surface area contributed by atoms with Crippen LogP contribution in [0.1, 0.15) is 12.5 Å². The molecule has 1 fully saturated rings. The fourth-order valence-corrected chi connectivity index (χ4v) is 2.54. The molecule has 1 aromatic carbocycles. The second-order valence-corrected chi connectivity index (χ2v) is 5.22. The lowest BCUT2D eigenvalue weighted by atomic mass is 9.91. The number of rotatable bonds is 4. The number of ether oxygens (including phenoxy) is 1. The van der Waals surface area contributed by atoms with Gasteiger partial charge in [-0.1, -0.05) is 30.3 Å². The number of hydrogen-bond acceptors (Lipinski definition) is 4. The van der Waals surface area contributed by atoms with E-state index in [2.05, 4.69) is 0 Å². The standard InChI is InChI=1S/C15H19F2NO3/c1-2-21-14(20)12-9-18(10-15(16,17)13(12)19)8-11-6-4-3-5-7-11/h3-7,12-13,19H,2,8-10H2,1H3. The Hall–Kier alpha value is -1.53. The van der Waals surface area contributed by atoms with Crippen LogP contribution in [0.5, 0.6) is 0 Å². The number of halogens is 2. The number of carbonyl (C=O) groups is 1. The molecule has 2 unspecified atom stereocenters. The number of hydrogen-bond donors (Lipinski definition) is 1. The van der Waals surface area contributed by atoms with Gasteiger partial charge in [-0.15, -0.1) is 0 Å². The van der Waals surface area contributed by atoms with Gasteiger partial charge >= 0.3 is 5.97 Å². The SMILES string of the molecule is CCOC(=O)C1CN(Cc2ccccc2)CC(F)(F)C1O. The summed E-state index contributed by atoms with van der Waals surface area (Å²) in [5.41, 5.74) is 0.882. The molecule has 1 aliphatic heterocycles. The summed E-state index contributed by atoms with van der Waals surface area (Å²) in [4.78, 5) is 13.2. The minimum absolute atomic E-state index is 0.0600. The minimum Gasteiger partial charge on any atom is -0.466 e. The largest absolute Gasteiger partial charge is 0.466 e. The lowest BCUT2D eigenvalue weighted by Crippen LogP contribution is -2.58. The van der Waals surface area contributed by atoms with Gasteiger partial charge in [-0.2, -0.15) is 0 Å². The van der Waals surface area contributed by atoms with E-state index < -0.39 is 30.5 Å². The zero-order chi connectivity index (χ0) is 15.5. The van der Waals surface area contributed by atoms with E-state index in [9.17, 15) is 18.7 Å². The molecule has 6 heteroatoms. The maximum Gasteiger partial charge on any atom is 0.313 e. The monoisotopic (exact) mass is 299 g/mol. The van der Waals surface area contributed by atoms with Gasteiger partial charge in [-0.25, -0.2) is 8.78 Å². The molecule has 1 aromatic rings. The highest BCUT2D eigenvalue weighted by Crippen LogP contribution is 2.32. The summed E-state index contributed by atoms with van der Waals surface area (Å²) in [6, 6.07) is 9.18. The fraction of sp³-hybridized carbons (Fsp3) is 0.533. The molecule has 0 spiro atoms. The number of alkyl halides is 2. The van der Waals surface area contributed by atoms with E-state index in [1.165, 1.54) is 4.90 Å². The van der Waals surface area contributed by atoms with Crippen molar-refractivity contribution in [3.63, 3.8) is 0 Å². The van der Waals surface area contributed by atoms with Crippen molar-refractivity contribution in [3.05, 3.63) is 35.9 Å². The first-order chi connectivity index (χ1) is 9.94. The third-order valence-corrected chi connectivity index (χ3v) is 3.54. The maximum atomic E-state index is 13.9. The van der Waals surface area contributed by atoms with E-state index in [1.54, 1.807) is 6.92 Å². The molecule has 0 aromatic heterocycles. The number of aliphatic hydroxyl groups is 1. The van der Waals surface area contributed by atoms with Crippen LogP contribution in [0.3, 0.4) is 0 Å². The Bertz CT molecular complexity index is 481. The number of likely N-dealkylation sites (tertiary alicyclic amines) is 1. The first-order valence-electron chi connectivity index (χ1n) is 6.93. The Labute approximate surface area is 122 Å². The molecule has 1 aliphatic rings. The van der Waals surface area contributed by atoms with Gasteiger partial charge in [-0.3, -0.25) is 9.69 Å². The molecule has 1 saturated heterocycles. The molecule has 2 rings (SSSR count). The number of esters is 1. The normalized spacial score (nSPS) is 25.5. The van der Waals surface area contributed by atoms with Crippen molar-refractivity contribution in [2.45, 2.75) is 25.5 Å². The second kappa shape index (κ2) is 6.49. The van der Waals surface area contributed by atoms with E-state index in [0.717, 1.165) is 5.56 Å². The predicted molar refractivity (Wildman–Crippen MR) is 72.8 cm³/mol. The molecule has 116 valence electrons. The number of nitrogens with zero attached hydrogens (tertiary/aromatic N) is 1. The van der Waals surface area contributed by atoms with Gasteiger partial charge in [-0.05, 0) is 12.5 Å². The molecular formula is C15H19F2NO3. The Morgan fingerprint density at radius 2 is 2.10 bits per heavy atom. The Balaban J connectivity index is 2.11. The van der Waals surface area contributed by atoms with Crippen molar-refractivity contribution >= 4 is 5.97 Å². The van der Waals surface area contributed by atoms with Crippen LogP contribution in [-0.2, 0) is 16.1 Å². The van der Waals surface area contributed by atoms with Crippen molar-refractivity contribution < 1.29 is 23.4 Å². The van der Waals surface area contributed by atoms with Crippen molar-refractivity contribution in [1.29, 1.82) is 0 Å². The zero-order valence-corrected chi connectivity index (χ0v) is 11.8. The van der Waals surface area contributed by atoms with E-state index in [4.69, 9.17) is 4.74 Å². The van der Waals surface area contributed by atoms with Gasteiger partial charge in [0, 0.05) is 13.1 Å². The highest BCUT2D eigenvalue weighted by Gasteiger charge is 2.52. The van der Waals surface area contributed by atoms with Gasteiger partial charge in [0.25, 0.3) is 5.92 Å². The van der Waals surface area contributed by atoms with Gasteiger partial charge in [0.05, 0.1) is 13.2 Å². The molecule has 1 heterocycles. The van der Waals surface area contributed by atoms with Crippen LogP contribution in [0.4, 0.5) is 8.78 Å². The van der Waals surface area contributed by atoms with Crippen LogP contribution in [0.25, 0.3) is 0 Å². The smallest absolute Gasteiger partial charge is 0.313 e. The molecule has 0 saturated carbocycles. The predicted octanol–water partition coefficient (Wildman–Crippen LogP) is 1.68. The highest BCUT2D eigenvalue weighted by molar-refractivity contribution is 5.73. The van der Waals surface area contributed by atoms with Crippen LogP contribution < -0.4 is 0 Å². The number of aliphatic hydroxyl groups excluding tert-OH is 1. The van der Waals surface area contributed by atoms with Gasteiger partial charge < -0.3 is 9.84 Å². The van der Waals surface area contributed by atoms with E-state index >= 15 is 0 Å². The molecule has 0 amide bonds. The highest BCUT2D eigenvalue weighted by atomic mass is 19.3. The lowest BCUT2D eigenvalue weighted by molar-refractivity contribution is -0.194. The quantitative estimate of drug-likeness (QED) is 0.859. The third kappa shape index (κ3) is 3.77. The molecule has 4 nitrogen and oxygen atoms in total. The molecule has 0 aliphatic carbocycles. The Morgan fingerprint density at radius 3 is 2.71 bits per heavy atom. The molecular weight excluding hydrogens is 280 g/mol. The van der Waals surface area contributed by atoms with E-state index in [1.807, 2.05) is 30.3 Å². The van der Waals surface area contributed by atoms with Crippen molar-refractivity contribution in [2.24, 2.45) is 5.92 Å². The van der Waals surface area contributed by atoms with Crippen molar-refractivity contribution in [3.8, 4) is 0 Å². The number of benzene rings is 1. The maximum absolute atomic E-state index is 13.9. The van der Waals surface area contributed by atoms with Gasteiger partial charge in [0.2, 0.25) is 0 Å². The van der Waals surface area contributed by atoms with Crippen LogP contribution in [0.2, 0.25) is 0 Å². The summed E-state index contributed by atoms with van der Waals surface area (Å²) >= 11 is 0. The molecule has 2 atom stereocenters. The van der Waals surface area contributed by atoms with E-state index in [-0.39, 0.29) is 13.2 Å². The summed E-state index contributed by atoms with van der Waals surface area (Å²) in [5, 5.41) is 9.70. The summed E-state index contributed by atoms with van der Waals surface area (Å²) in [7, 11) is 0. The summed E-state index contributed by atoms with van der Waals surface area (Å²) < 4.78 is 32.6. The van der Waals surface area contributed by atoms with Crippen molar-refractivity contribution in [2.75, 3.05) is 19.7 Å². The zero-order valence-electron chi connectivity index (χ0n) is 11.8. The Kier molecular flexibility index (Phi) is 4.90. The van der Waals surface area contributed by atoms with Crippen LogP contribution in [0.15, 0.2) is 30.3 Å². The number of piperidine rings is 1. The topological polar surface area (TPSA) is 49.8 Å². The van der Waals surface area contributed by atoms with Crippen molar-refractivity contribution in [1.82, 2.24) is 4.90 Å². The first kappa shape index (κ1) is 15.9. The van der Waals surface area contributed by atoms with Gasteiger partial charge in [0.1, 0.15) is 12.0 Å². The minimum atomic E-state index is -3.33. The second-order valence-electron chi connectivity index (χ2n) is 5.22. The van der Waals surface area contributed by atoms with Crippen LogP contribution >= 0.6 is 0 Å². The third-order valence-electron chi connectivity index (χ3n) is 3.54. The van der Waals surface area contributed by atoms with Gasteiger partial charge in [0.15, 0.2) is 0 Å². The first-order valence-corrected chi connectivity index (χ1v) is 6.93. The van der Waals surface area contributed by atoms with Crippen LogP contribution in [0, 0.1) is 5.92 Å². The lowest BCUT2D eigenvalue weighted by Gasteiger charge is -2.40. The average Bonchev–Trinajstić information content (AvgIpc) is 2.43. The Morgan fingerprint density at radius 1 is 1.43 bits per heavy atom. The fourth-order valence-electron chi connectivity index (χ4n) is 2.54. The summed E-state index contributed by atoms with van der Waals surface area (Å²) in [6.07, 6.45) is -2.00. The molecule has 0 radical (unpaired) electrons. The van der Waals surface area contributed by atoms with E-state index in [0.29, 0.717) is 6.54 Å². The molecule has 1 N–H and O–H groups in total. The summed E-state index contributed by atoms with van der Waals surface area (Å²) in [5.74, 6) is -5.33. The molecule has 21 heavy (non-hydrogen) atoms. The number of carbonyl (C=O) groups excluding carboxylic acids is 1.